The predicted octanol–water partition coefficient (Wildman–Crippen LogP) is 1.87. The predicted molar refractivity (Wildman–Crippen MR) is 94.8 cm³/mol. The molecule has 0 heterocycles. The fourth-order valence-electron chi connectivity index (χ4n) is 1.93. The van der Waals surface area contributed by atoms with Crippen LogP contribution in [0.15, 0.2) is 24.3 Å². The Balaban J connectivity index is 2.57. The van der Waals surface area contributed by atoms with Gasteiger partial charge < -0.3 is 20.5 Å². The Bertz CT molecular complexity index is 715. The lowest BCUT2D eigenvalue weighted by atomic mass is 9.99. The number of urea groups is 1. The van der Waals surface area contributed by atoms with Crippen molar-refractivity contribution in [1.29, 1.82) is 0 Å². The zero-order valence-corrected chi connectivity index (χ0v) is 15.4. The van der Waals surface area contributed by atoms with Crippen LogP contribution in [0.1, 0.15) is 26.7 Å². The minimum atomic E-state index is -3.10. The number of carboxylic acid groups (broad SMARTS) is 1. The van der Waals surface area contributed by atoms with Crippen LogP contribution in [0.3, 0.4) is 0 Å². The van der Waals surface area contributed by atoms with Crippen molar-refractivity contribution in [2.75, 3.05) is 23.9 Å². The van der Waals surface area contributed by atoms with Gasteiger partial charge >= 0.3 is 12.0 Å². The van der Waals surface area contributed by atoms with E-state index in [1.165, 1.54) is 0 Å². The summed E-state index contributed by atoms with van der Waals surface area (Å²) in [7, 11) is -3.10. The summed E-state index contributed by atoms with van der Waals surface area (Å²) in [4.78, 5) is 22.7. The van der Waals surface area contributed by atoms with Gasteiger partial charge in [0, 0.05) is 30.0 Å². The molecule has 9 heteroatoms. The molecule has 0 aliphatic heterocycles. The van der Waals surface area contributed by atoms with Crippen LogP contribution in [-0.4, -0.2) is 49.7 Å². The smallest absolute Gasteiger partial charge is 0.319 e. The number of aliphatic carboxylic acids is 1. The normalized spacial score (nSPS) is 11.6. The molecular weight excluding hydrogens is 348 g/mol. The zero-order chi connectivity index (χ0) is 19.1. The molecule has 0 saturated carbocycles. The number of rotatable bonds is 9. The van der Waals surface area contributed by atoms with Gasteiger partial charge in [-0.25, -0.2) is 13.2 Å². The van der Waals surface area contributed by atoms with Gasteiger partial charge in [-0.3, -0.25) is 4.79 Å². The van der Waals surface area contributed by atoms with Crippen molar-refractivity contribution in [2.24, 2.45) is 0 Å². The summed E-state index contributed by atoms with van der Waals surface area (Å²) in [5.74, 6) is -0.580. The number of benzene rings is 1. The number of ether oxygens (including phenoxy) is 1. The highest BCUT2D eigenvalue weighted by Gasteiger charge is 2.21. The van der Waals surface area contributed by atoms with E-state index < -0.39 is 27.4 Å². The van der Waals surface area contributed by atoms with Crippen molar-refractivity contribution in [3.05, 3.63) is 24.3 Å². The third kappa shape index (κ3) is 9.55. The molecule has 0 unspecified atom stereocenters. The fraction of sp³-hybridized carbons (Fsp3) is 0.500. The molecule has 0 radical (unpaired) electrons. The summed E-state index contributed by atoms with van der Waals surface area (Å²) in [5, 5.41) is 14.1. The Kier molecular flexibility index (Phi) is 7.22. The van der Waals surface area contributed by atoms with Gasteiger partial charge in [-0.05, 0) is 32.4 Å². The SMILES string of the molecule is CC(C)(CCC(=O)O)NC(=O)Nc1cccc(OCCS(C)(=O)=O)c1. The van der Waals surface area contributed by atoms with Gasteiger partial charge in [0.1, 0.15) is 12.4 Å². The summed E-state index contributed by atoms with van der Waals surface area (Å²) in [5.41, 5.74) is -0.199. The van der Waals surface area contributed by atoms with E-state index in [-0.39, 0.29) is 18.8 Å². The molecule has 1 rings (SSSR count). The Labute approximate surface area is 147 Å². The Morgan fingerprint density at radius 3 is 2.56 bits per heavy atom. The van der Waals surface area contributed by atoms with Crippen molar-refractivity contribution in [3.8, 4) is 5.75 Å². The summed E-state index contributed by atoms with van der Waals surface area (Å²) >= 11 is 0. The fourth-order valence-corrected chi connectivity index (χ4v) is 2.31. The first-order valence-corrected chi connectivity index (χ1v) is 9.74. The summed E-state index contributed by atoms with van der Waals surface area (Å²) in [6, 6.07) is 6.09. The molecule has 2 amide bonds. The van der Waals surface area contributed by atoms with Gasteiger partial charge in [0.2, 0.25) is 0 Å². The van der Waals surface area contributed by atoms with Crippen molar-refractivity contribution >= 4 is 27.5 Å². The number of sulfone groups is 1. The van der Waals surface area contributed by atoms with Gasteiger partial charge in [0.25, 0.3) is 0 Å². The molecule has 0 aromatic heterocycles. The minimum Gasteiger partial charge on any atom is -0.492 e. The third-order valence-electron chi connectivity index (χ3n) is 3.23. The van der Waals surface area contributed by atoms with Crippen LogP contribution < -0.4 is 15.4 Å². The Hall–Kier alpha value is -2.29. The van der Waals surface area contributed by atoms with Gasteiger partial charge in [-0.1, -0.05) is 6.07 Å². The van der Waals surface area contributed by atoms with Gasteiger partial charge in [0.05, 0.1) is 5.75 Å². The van der Waals surface area contributed by atoms with Crippen LogP contribution in [0.4, 0.5) is 10.5 Å². The quantitative estimate of drug-likeness (QED) is 0.608. The van der Waals surface area contributed by atoms with Crippen LogP contribution >= 0.6 is 0 Å². The highest BCUT2D eigenvalue weighted by atomic mass is 32.2. The topological polar surface area (TPSA) is 122 Å². The van der Waals surface area contributed by atoms with E-state index in [1.807, 2.05) is 0 Å². The molecule has 0 aliphatic carbocycles. The van der Waals surface area contributed by atoms with Crippen molar-refractivity contribution in [2.45, 2.75) is 32.2 Å². The van der Waals surface area contributed by atoms with Crippen LogP contribution in [0.5, 0.6) is 5.75 Å². The van der Waals surface area contributed by atoms with E-state index >= 15 is 0 Å². The summed E-state index contributed by atoms with van der Waals surface area (Å²) in [6.07, 6.45) is 1.38. The second-order valence-corrected chi connectivity index (χ2v) is 8.62. The number of nitrogens with one attached hydrogen (secondary N) is 2. The van der Waals surface area contributed by atoms with Gasteiger partial charge in [-0.2, -0.15) is 0 Å². The minimum absolute atomic E-state index is 0.0245. The van der Waals surface area contributed by atoms with Crippen LogP contribution in [-0.2, 0) is 14.6 Å². The molecule has 0 atom stereocenters. The molecule has 140 valence electrons. The van der Waals surface area contributed by atoms with Crippen LogP contribution in [0.25, 0.3) is 0 Å². The van der Waals surface area contributed by atoms with Crippen LogP contribution in [0, 0.1) is 0 Å². The number of anilines is 1. The van der Waals surface area contributed by atoms with E-state index in [0.717, 1.165) is 6.26 Å². The molecular formula is C16H24N2O6S. The van der Waals surface area contributed by atoms with Gasteiger partial charge in [0.15, 0.2) is 9.84 Å². The summed E-state index contributed by atoms with van der Waals surface area (Å²) < 4.78 is 27.5. The summed E-state index contributed by atoms with van der Waals surface area (Å²) in [6.45, 7) is 3.50. The second kappa shape index (κ2) is 8.70. The molecule has 0 fully saturated rings. The maximum Gasteiger partial charge on any atom is 0.319 e. The van der Waals surface area contributed by atoms with Crippen molar-refractivity contribution < 1.29 is 27.9 Å². The molecule has 0 spiro atoms. The number of carbonyl (C=O) groups excluding carboxylic acids is 1. The Morgan fingerprint density at radius 2 is 1.96 bits per heavy atom. The zero-order valence-electron chi connectivity index (χ0n) is 14.5. The monoisotopic (exact) mass is 372 g/mol. The molecule has 1 aromatic rings. The van der Waals surface area contributed by atoms with E-state index in [1.54, 1.807) is 38.1 Å². The lowest BCUT2D eigenvalue weighted by Gasteiger charge is -2.25. The van der Waals surface area contributed by atoms with E-state index in [0.29, 0.717) is 17.9 Å². The number of amides is 2. The lowest BCUT2D eigenvalue weighted by molar-refractivity contribution is -0.137. The second-order valence-electron chi connectivity index (χ2n) is 6.36. The van der Waals surface area contributed by atoms with Gasteiger partial charge in [-0.15, -0.1) is 0 Å². The van der Waals surface area contributed by atoms with Crippen LogP contribution in [0.2, 0.25) is 0 Å². The van der Waals surface area contributed by atoms with E-state index in [4.69, 9.17) is 9.84 Å². The first-order chi connectivity index (χ1) is 11.5. The van der Waals surface area contributed by atoms with Crippen molar-refractivity contribution in [1.82, 2.24) is 5.32 Å². The molecule has 3 N–H and O–H groups in total. The molecule has 1 aromatic carbocycles. The first-order valence-electron chi connectivity index (χ1n) is 7.68. The highest BCUT2D eigenvalue weighted by molar-refractivity contribution is 7.90. The Morgan fingerprint density at radius 1 is 1.28 bits per heavy atom. The average molecular weight is 372 g/mol. The maximum atomic E-state index is 12.0. The average Bonchev–Trinajstić information content (AvgIpc) is 2.43. The molecule has 8 nitrogen and oxygen atoms in total. The van der Waals surface area contributed by atoms with E-state index in [2.05, 4.69) is 10.6 Å². The van der Waals surface area contributed by atoms with E-state index in [9.17, 15) is 18.0 Å². The lowest BCUT2D eigenvalue weighted by Crippen LogP contribution is -2.45. The maximum absolute atomic E-state index is 12.0. The number of carboxylic acids is 1. The molecule has 0 aliphatic rings. The third-order valence-corrected chi connectivity index (χ3v) is 4.14. The standard InChI is InChI=1S/C16H24N2O6S/c1-16(2,8-7-14(19)20)18-15(21)17-12-5-4-6-13(11-12)24-9-10-25(3,22)23/h4-6,11H,7-10H2,1-3H3,(H,19,20)(H2,17,18,21). The largest absolute Gasteiger partial charge is 0.492 e. The number of hydrogen-bond acceptors (Lipinski definition) is 5. The highest BCUT2D eigenvalue weighted by Crippen LogP contribution is 2.18. The number of carbonyl (C=O) groups is 2. The van der Waals surface area contributed by atoms with Crippen molar-refractivity contribution in [3.63, 3.8) is 0 Å². The molecule has 0 saturated heterocycles. The number of hydrogen-bond donors (Lipinski definition) is 3. The molecule has 25 heavy (non-hydrogen) atoms. The molecule has 0 bridgehead atoms. The first kappa shape index (κ1) is 20.8.